The Labute approximate surface area is 117 Å². The van der Waals surface area contributed by atoms with E-state index in [2.05, 4.69) is 20.1 Å². The Hall–Kier alpha value is -1.98. The van der Waals surface area contributed by atoms with Crippen LogP contribution in [-0.2, 0) is 0 Å². The number of nitrogens with two attached hydrogens (primary N) is 1. The smallest absolute Gasteiger partial charge is 0.230 e. The lowest BCUT2D eigenvalue weighted by molar-refractivity contribution is 0.341. The van der Waals surface area contributed by atoms with E-state index in [1.807, 2.05) is 6.92 Å². The maximum Gasteiger partial charge on any atom is 0.230 e. The second-order valence-electron chi connectivity index (χ2n) is 5.39. The van der Waals surface area contributed by atoms with Gasteiger partial charge in [0.15, 0.2) is 11.5 Å². The molecule has 0 radical (unpaired) electrons. The summed E-state index contributed by atoms with van der Waals surface area (Å²) in [5.41, 5.74) is 7.13. The Morgan fingerprint density at radius 1 is 1.15 bits per heavy atom. The molecule has 1 fully saturated rings. The Morgan fingerprint density at radius 2 is 1.90 bits per heavy atom. The van der Waals surface area contributed by atoms with E-state index < -0.39 is 0 Å². The molecule has 20 heavy (non-hydrogen) atoms. The van der Waals surface area contributed by atoms with Gasteiger partial charge in [0.2, 0.25) is 11.7 Å². The summed E-state index contributed by atoms with van der Waals surface area (Å²) in [6.45, 7) is 1.86. The van der Waals surface area contributed by atoms with Crippen LogP contribution in [0, 0.1) is 6.92 Å². The molecule has 0 amide bonds. The highest BCUT2D eigenvalue weighted by Crippen LogP contribution is 2.31. The van der Waals surface area contributed by atoms with Crippen molar-refractivity contribution < 1.29 is 4.52 Å². The highest BCUT2D eigenvalue weighted by atomic mass is 16.5. The first-order valence-electron chi connectivity index (χ1n) is 7.17. The largest absolute Gasteiger partial charge is 0.382 e. The maximum absolute atomic E-state index is 5.84. The Balaban J connectivity index is 1.87. The summed E-state index contributed by atoms with van der Waals surface area (Å²) in [5, 5.41) is 4.03. The Bertz CT molecular complexity index is 587. The number of aryl methyl sites for hydroxylation is 1. The van der Waals surface area contributed by atoms with Gasteiger partial charge in [0.25, 0.3) is 0 Å². The normalized spacial score (nSPS) is 17.1. The number of hydrogen-bond acceptors (Lipinski definition) is 6. The monoisotopic (exact) mass is 273 g/mol. The van der Waals surface area contributed by atoms with Crippen molar-refractivity contribution in [3.63, 3.8) is 0 Å². The zero-order valence-electron chi connectivity index (χ0n) is 11.7. The van der Waals surface area contributed by atoms with Crippen LogP contribution in [0.5, 0.6) is 0 Å². The predicted molar refractivity (Wildman–Crippen MR) is 74.9 cm³/mol. The van der Waals surface area contributed by atoms with Gasteiger partial charge < -0.3 is 10.3 Å². The van der Waals surface area contributed by atoms with Crippen LogP contribution in [0.25, 0.3) is 11.5 Å². The van der Waals surface area contributed by atoms with Gasteiger partial charge in [-0.25, -0.2) is 9.97 Å². The number of rotatable bonds is 2. The molecule has 0 spiro atoms. The van der Waals surface area contributed by atoms with Crippen molar-refractivity contribution in [3.05, 3.63) is 17.8 Å². The summed E-state index contributed by atoms with van der Waals surface area (Å²) in [5.74, 6) is 1.86. The Morgan fingerprint density at radius 3 is 2.65 bits per heavy atom. The SMILES string of the molecule is Cc1cnc(N)c(-c2noc(C3CCCCCC3)n2)n1. The average Bonchev–Trinajstić information content (AvgIpc) is 2.77. The summed E-state index contributed by atoms with van der Waals surface area (Å²) in [6.07, 6.45) is 8.93. The summed E-state index contributed by atoms with van der Waals surface area (Å²) in [6, 6.07) is 0. The molecule has 6 nitrogen and oxygen atoms in total. The van der Waals surface area contributed by atoms with E-state index >= 15 is 0 Å². The third kappa shape index (κ3) is 2.64. The minimum atomic E-state index is 0.337. The van der Waals surface area contributed by atoms with Crippen molar-refractivity contribution in [2.45, 2.75) is 51.4 Å². The standard InChI is InChI=1S/C14H19N5O/c1-9-8-16-12(15)11(17-9)13-18-14(20-19-13)10-6-4-2-3-5-7-10/h8,10H,2-7H2,1H3,(H2,15,16). The fraction of sp³-hybridized carbons (Fsp3) is 0.571. The molecule has 0 aromatic carbocycles. The topological polar surface area (TPSA) is 90.7 Å². The molecular formula is C14H19N5O. The summed E-state index contributed by atoms with van der Waals surface area (Å²) in [7, 11) is 0. The van der Waals surface area contributed by atoms with Crippen LogP contribution in [-0.4, -0.2) is 20.1 Å². The van der Waals surface area contributed by atoms with Gasteiger partial charge in [-0.3, -0.25) is 0 Å². The molecule has 0 bridgehead atoms. The number of nitrogen functional groups attached to an aromatic ring is 1. The van der Waals surface area contributed by atoms with E-state index in [9.17, 15) is 0 Å². The molecule has 3 rings (SSSR count). The van der Waals surface area contributed by atoms with Crippen molar-refractivity contribution in [1.82, 2.24) is 20.1 Å². The van der Waals surface area contributed by atoms with Gasteiger partial charge in [-0.05, 0) is 19.8 Å². The van der Waals surface area contributed by atoms with Crippen LogP contribution in [0.15, 0.2) is 10.7 Å². The molecule has 2 heterocycles. The van der Waals surface area contributed by atoms with Crippen molar-refractivity contribution in [2.24, 2.45) is 0 Å². The average molecular weight is 273 g/mol. The lowest BCUT2D eigenvalue weighted by Crippen LogP contribution is -2.01. The van der Waals surface area contributed by atoms with Crippen molar-refractivity contribution in [3.8, 4) is 11.5 Å². The maximum atomic E-state index is 5.84. The summed E-state index contributed by atoms with van der Waals surface area (Å²) >= 11 is 0. The number of nitrogens with zero attached hydrogens (tertiary/aromatic N) is 4. The third-order valence-electron chi connectivity index (χ3n) is 3.78. The van der Waals surface area contributed by atoms with Gasteiger partial charge in [0.05, 0.1) is 11.9 Å². The first kappa shape index (κ1) is 13.0. The number of aromatic nitrogens is 4. The molecule has 2 aromatic heterocycles. The quantitative estimate of drug-likeness (QED) is 0.846. The molecule has 2 aromatic rings. The molecule has 2 N–H and O–H groups in total. The molecule has 0 saturated heterocycles. The fourth-order valence-electron chi connectivity index (χ4n) is 2.67. The molecule has 106 valence electrons. The first-order valence-corrected chi connectivity index (χ1v) is 7.17. The van der Waals surface area contributed by atoms with Crippen LogP contribution in [0.4, 0.5) is 5.82 Å². The summed E-state index contributed by atoms with van der Waals surface area (Å²) < 4.78 is 5.42. The van der Waals surface area contributed by atoms with Gasteiger partial charge in [0, 0.05) is 5.92 Å². The molecule has 0 unspecified atom stereocenters. The molecule has 1 saturated carbocycles. The zero-order chi connectivity index (χ0) is 13.9. The third-order valence-corrected chi connectivity index (χ3v) is 3.78. The lowest BCUT2D eigenvalue weighted by Gasteiger charge is -2.07. The Kier molecular flexibility index (Phi) is 3.62. The second-order valence-corrected chi connectivity index (χ2v) is 5.39. The van der Waals surface area contributed by atoms with Crippen LogP contribution in [0.1, 0.15) is 56.0 Å². The van der Waals surface area contributed by atoms with Gasteiger partial charge in [-0.2, -0.15) is 4.98 Å². The van der Waals surface area contributed by atoms with E-state index in [-0.39, 0.29) is 0 Å². The number of anilines is 1. The second kappa shape index (κ2) is 5.56. The molecule has 0 aliphatic heterocycles. The minimum absolute atomic E-state index is 0.337. The van der Waals surface area contributed by atoms with Crippen molar-refractivity contribution in [1.29, 1.82) is 0 Å². The van der Waals surface area contributed by atoms with E-state index in [1.54, 1.807) is 6.20 Å². The van der Waals surface area contributed by atoms with Gasteiger partial charge >= 0.3 is 0 Å². The molecule has 6 heteroatoms. The van der Waals surface area contributed by atoms with Crippen molar-refractivity contribution >= 4 is 5.82 Å². The first-order chi connectivity index (χ1) is 9.74. The number of hydrogen-bond donors (Lipinski definition) is 1. The molecular weight excluding hydrogens is 254 g/mol. The van der Waals surface area contributed by atoms with Crippen LogP contribution < -0.4 is 5.73 Å². The van der Waals surface area contributed by atoms with Gasteiger partial charge in [-0.15, -0.1) is 0 Å². The highest BCUT2D eigenvalue weighted by Gasteiger charge is 2.22. The van der Waals surface area contributed by atoms with Crippen LogP contribution in [0.2, 0.25) is 0 Å². The van der Waals surface area contributed by atoms with Gasteiger partial charge in [0.1, 0.15) is 0 Å². The zero-order valence-corrected chi connectivity index (χ0v) is 11.7. The molecule has 1 aliphatic rings. The van der Waals surface area contributed by atoms with Gasteiger partial charge in [-0.1, -0.05) is 30.8 Å². The predicted octanol–water partition coefficient (Wildman–Crippen LogP) is 2.86. The molecule has 0 atom stereocenters. The van der Waals surface area contributed by atoms with E-state index in [1.165, 1.54) is 25.7 Å². The lowest BCUT2D eigenvalue weighted by atomic mass is 10.0. The van der Waals surface area contributed by atoms with E-state index in [4.69, 9.17) is 10.3 Å². The summed E-state index contributed by atoms with van der Waals surface area (Å²) in [4.78, 5) is 12.9. The van der Waals surface area contributed by atoms with Crippen LogP contribution >= 0.6 is 0 Å². The highest BCUT2D eigenvalue weighted by molar-refractivity contribution is 5.62. The minimum Gasteiger partial charge on any atom is -0.382 e. The van der Waals surface area contributed by atoms with Crippen LogP contribution in [0.3, 0.4) is 0 Å². The molecule has 1 aliphatic carbocycles. The fourth-order valence-corrected chi connectivity index (χ4v) is 2.67. The van der Waals surface area contributed by atoms with E-state index in [0.717, 1.165) is 18.5 Å². The van der Waals surface area contributed by atoms with E-state index in [0.29, 0.717) is 29.1 Å². The van der Waals surface area contributed by atoms with Crippen molar-refractivity contribution in [2.75, 3.05) is 5.73 Å².